The first-order valence-electron chi connectivity index (χ1n) is 10.1. The van der Waals surface area contributed by atoms with E-state index in [0.29, 0.717) is 47.6 Å². The predicted octanol–water partition coefficient (Wildman–Crippen LogP) is 3.01. The normalized spacial score (nSPS) is 10.5. The van der Waals surface area contributed by atoms with Gasteiger partial charge in [0, 0.05) is 13.1 Å². The molecular weight excluding hydrogens is 400 g/mol. The predicted molar refractivity (Wildman–Crippen MR) is 120 cm³/mol. The Hall–Kier alpha value is -2.84. The highest BCUT2D eigenvalue weighted by Crippen LogP contribution is 2.39. The van der Waals surface area contributed by atoms with E-state index in [9.17, 15) is 0 Å². The van der Waals surface area contributed by atoms with Crippen LogP contribution < -0.4 is 39.1 Å². The summed E-state index contributed by atoms with van der Waals surface area (Å²) in [7, 11) is 9.68. The maximum Gasteiger partial charge on any atom is 0.203 e. The molecule has 2 N–H and O–H groups in total. The van der Waals surface area contributed by atoms with Gasteiger partial charge in [-0.3, -0.25) is 0 Å². The Morgan fingerprint density at radius 3 is 1.10 bits per heavy atom. The lowest BCUT2D eigenvalue weighted by Gasteiger charge is -2.15. The molecule has 0 saturated heterocycles. The molecule has 0 bridgehead atoms. The van der Waals surface area contributed by atoms with Gasteiger partial charge in [-0.15, -0.1) is 0 Å². The Balaban J connectivity index is 1.78. The second-order valence-electron chi connectivity index (χ2n) is 6.77. The minimum absolute atomic E-state index is 0.602. The monoisotopic (exact) mass is 434 g/mol. The number of ether oxygens (including phenoxy) is 6. The Kier molecular flexibility index (Phi) is 10.1. The summed E-state index contributed by atoms with van der Waals surface area (Å²) in [5, 5.41) is 6.89. The van der Waals surface area contributed by atoms with Gasteiger partial charge < -0.3 is 39.1 Å². The van der Waals surface area contributed by atoms with Crippen LogP contribution in [0.3, 0.4) is 0 Å². The number of nitrogens with one attached hydrogen (secondary N) is 2. The van der Waals surface area contributed by atoms with Gasteiger partial charge in [0.1, 0.15) is 0 Å². The molecule has 0 aliphatic rings. The molecule has 0 fully saturated rings. The minimum atomic E-state index is 0.602. The minimum Gasteiger partial charge on any atom is -0.493 e. The first-order chi connectivity index (χ1) is 15.1. The van der Waals surface area contributed by atoms with Crippen LogP contribution in [0.25, 0.3) is 0 Å². The van der Waals surface area contributed by atoms with E-state index in [1.54, 1.807) is 42.7 Å². The molecule has 2 aromatic rings. The lowest BCUT2D eigenvalue weighted by atomic mass is 10.1. The lowest BCUT2D eigenvalue weighted by Crippen LogP contribution is -2.21. The Morgan fingerprint density at radius 1 is 0.516 bits per heavy atom. The van der Waals surface area contributed by atoms with Gasteiger partial charge in [-0.25, -0.2) is 0 Å². The fourth-order valence-corrected chi connectivity index (χ4v) is 3.28. The van der Waals surface area contributed by atoms with Crippen LogP contribution in [0.5, 0.6) is 34.5 Å². The van der Waals surface area contributed by atoms with Gasteiger partial charge in [0.15, 0.2) is 23.0 Å². The van der Waals surface area contributed by atoms with Crippen LogP contribution in [0, 0.1) is 0 Å². The molecule has 31 heavy (non-hydrogen) atoms. The van der Waals surface area contributed by atoms with Crippen molar-refractivity contribution >= 4 is 0 Å². The van der Waals surface area contributed by atoms with Gasteiger partial charge in [0.25, 0.3) is 0 Å². The second kappa shape index (κ2) is 12.8. The second-order valence-corrected chi connectivity index (χ2v) is 6.77. The number of benzene rings is 2. The fraction of sp³-hybridized carbons (Fsp3) is 0.478. The molecule has 2 aromatic carbocycles. The first kappa shape index (κ1) is 24.4. The van der Waals surface area contributed by atoms with Crippen molar-refractivity contribution in [1.29, 1.82) is 0 Å². The van der Waals surface area contributed by atoms with Crippen LogP contribution in [0.2, 0.25) is 0 Å². The van der Waals surface area contributed by atoms with Gasteiger partial charge in [-0.1, -0.05) is 0 Å². The van der Waals surface area contributed by atoms with Gasteiger partial charge in [0.05, 0.1) is 42.7 Å². The maximum absolute atomic E-state index is 5.40. The number of methoxy groups -OCH3 is 6. The van der Waals surface area contributed by atoms with E-state index in [1.165, 1.54) is 0 Å². The van der Waals surface area contributed by atoms with Crippen molar-refractivity contribution in [1.82, 2.24) is 10.6 Å². The van der Waals surface area contributed by atoms with Crippen molar-refractivity contribution in [2.24, 2.45) is 0 Å². The summed E-state index contributed by atoms with van der Waals surface area (Å²) in [6, 6.07) is 7.82. The summed E-state index contributed by atoms with van der Waals surface area (Å²) in [4.78, 5) is 0. The summed E-state index contributed by atoms with van der Waals surface area (Å²) < 4.78 is 32.3. The highest BCUT2D eigenvalue weighted by Gasteiger charge is 2.14. The van der Waals surface area contributed by atoms with Crippen LogP contribution in [0.15, 0.2) is 24.3 Å². The molecule has 2 rings (SSSR count). The zero-order chi connectivity index (χ0) is 22.6. The average Bonchev–Trinajstić information content (AvgIpc) is 2.81. The van der Waals surface area contributed by atoms with Crippen molar-refractivity contribution in [2.45, 2.75) is 19.5 Å². The molecule has 8 heteroatoms. The Morgan fingerprint density at radius 2 is 0.839 bits per heavy atom. The topological polar surface area (TPSA) is 79.4 Å². The number of hydrogen-bond acceptors (Lipinski definition) is 8. The zero-order valence-electron chi connectivity index (χ0n) is 19.3. The van der Waals surface area contributed by atoms with E-state index in [1.807, 2.05) is 24.3 Å². The SMILES string of the molecule is COc1cc(CNCCCNCc2cc(OC)c(OC)c(OC)c2)cc(OC)c1OC. The first-order valence-corrected chi connectivity index (χ1v) is 10.1. The summed E-state index contributed by atoms with van der Waals surface area (Å²) in [6.45, 7) is 3.17. The van der Waals surface area contributed by atoms with Crippen LogP contribution >= 0.6 is 0 Å². The van der Waals surface area contributed by atoms with Crippen molar-refractivity contribution in [3.05, 3.63) is 35.4 Å². The standard InChI is InChI=1S/C23H34N2O6/c1-26-18-10-16(11-19(27-2)22(18)30-5)14-24-8-7-9-25-15-17-12-20(28-3)23(31-6)21(13-17)29-4/h10-13,24-25H,7-9,14-15H2,1-6H3. The van der Waals surface area contributed by atoms with Gasteiger partial charge in [0.2, 0.25) is 11.5 Å². The molecule has 8 nitrogen and oxygen atoms in total. The Labute approximate surface area is 184 Å². The largest absolute Gasteiger partial charge is 0.493 e. The summed E-state index contributed by atoms with van der Waals surface area (Å²) in [6.07, 6.45) is 0.981. The summed E-state index contributed by atoms with van der Waals surface area (Å²) >= 11 is 0. The van der Waals surface area contributed by atoms with Crippen molar-refractivity contribution in [3.8, 4) is 34.5 Å². The van der Waals surface area contributed by atoms with Crippen LogP contribution in [0.4, 0.5) is 0 Å². The molecule has 0 heterocycles. The van der Waals surface area contributed by atoms with E-state index in [0.717, 1.165) is 30.6 Å². The van der Waals surface area contributed by atoms with Gasteiger partial charge in [-0.05, 0) is 54.9 Å². The number of rotatable bonds is 14. The van der Waals surface area contributed by atoms with Crippen LogP contribution in [-0.4, -0.2) is 55.7 Å². The van der Waals surface area contributed by atoms with E-state index in [4.69, 9.17) is 28.4 Å². The van der Waals surface area contributed by atoms with E-state index < -0.39 is 0 Å². The lowest BCUT2D eigenvalue weighted by molar-refractivity contribution is 0.323. The molecule has 0 saturated carbocycles. The highest BCUT2D eigenvalue weighted by molar-refractivity contribution is 5.54. The molecule has 0 aliphatic heterocycles. The molecule has 0 atom stereocenters. The smallest absolute Gasteiger partial charge is 0.203 e. The van der Waals surface area contributed by atoms with Crippen LogP contribution in [0.1, 0.15) is 17.5 Å². The van der Waals surface area contributed by atoms with Crippen LogP contribution in [-0.2, 0) is 13.1 Å². The Bertz CT molecular complexity index is 710. The third kappa shape index (κ3) is 6.57. The van der Waals surface area contributed by atoms with E-state index >= 15 is 0 Å². The maximum atomic E-state index is 5.40. The summed E-state index contributed by atoms with van der Waals surface area (Å²) in [5.41, 5.74) is 2.14. The molecule has 0 amide bonds. The van der Waals surface area contributed by atoms with Crippen molar-refractivity contribution in [2.75, 3.05) is 55.7 Å². The number of hydrogen-bond donors (Lipinski definition) is 2. The van der Waals surface area contributed by atoms with Gasteiger partial charge >= 0.3 is 0 Å². The fourth-order valence-electron chi connectivity index (χ4n) is 3.28. The quantitative estimate of drug-likeness (QED) is 0.440. The third-order valence-corrected chi connectivity index (χ3v) is 4.81. The molecule has 0 aliphatic carbocycles. The van der Waals surface area contributed by atoms with Crippen molar-refractivity contribution in [3.63, 3.8) is 0 Å². The third-order valence-electron chi connectivity index (χ3n) is 4.81. The van der Waals surface area contributed by atoms with E-state index in [2.05, 4.69) is 10.6 Å². The molecule has 0 unspecified atom stereocenters. The molecule has 0 radical (unpaired) electrons. The summed E-state index contributed by atoms with van der Waals surface area (Å²) in [5.74, 6) is 3.84. The van der Waals surface area contributed by atoms with Crippen molar-refractivity contribution < 1.29 is 28.4 Å². The molecule has 0 aromatic heterocycles. The molecular formula is C23H34N2O6. The zero-order valence-corrected chi connectivity index (χ0v) is 19.3. The average molecular weight is 435 g/mol. The van der Waals surface area contributed by atoms with Gasteiger partial charge in [-0.2, -0.15) is 0 Å². The molecule has 172 valence electrons. The highest BCUT2D eigenvalue weighted by atomic mass is 16.5. The molecule has 0 spiro atoms. The van der Waals surface area contributed by atoms with E-state index in [-0.39, 0.29) is 0 Å².